The summed E-state index contributed by atoms with van der Waals surface area (Å²) in [7, 11) is 0. The topological polar surface area (TPSA) is 98.5 Å². The Morgan fingerprint density at radius 2 is 2.19 bits per heavy atom. The molecule has 0 aliphatic carbocycles. The zero-order chi connectivity index (χ0) is 14.8. The highest BCUT2D eigenvalue weighted by atomic mass is 16.6. The van der Waals surface area contributed by atoms with Crippen LogP contribution < -0.4 is 11.1 Å². The molecule has 106 valence electrons. The summed E-state index contributed by atoms with van der Waals surface area (Å²) in [4.78, 5) is 14.8. The quantitative estimate of drug-likeness (QED) is 0.435. The molecule has 2 heterocycles. The number of aromatic nitrogens is 2. The van der Waals surface area contributed by atoms with E-state index in [-0.39, 0.29) is 5.69 Å². The van der Waals surface area contributed by atoms with E-state index in [1.54, 1.807) is 0 Å². The number of imidazole rings is 1. The lowest BCUT2D eigenvalue weighted by Crippen LogP contribution is -2.03. The lowest BCUT2D eigenvalue weighted by atomic mass is 10.2. The van der Waals surface area contributed by atoms with Crippen molar-refractivity contribution in [3.05, 3.63) is 64.6 Å². The van der Waals surface area contributed by atoms with Crippen LogP contribution in [0.5, 0.6) is 0 Å². The molecule has 3 N–H and O–H groups in total. The number of non-ortho nitro benzene ring substituents is 1. The van der Waals surface area contributed by atoms with Crippen molar-refractivity contribution in [3.63, 3.8) is 0 Å². The second kappa shape index (κ2) is 5.12. The van der Waals surface area contributed by atoms with Crippen molar-refractivity contribution in [2.24, 2.45) is 0 Å². The predicted octanol–water partition coefficient (Wildman–Crippen LogP) is 2.44. The van der Waals surface area contributed by atoms with E-state index in [9.17, 15) is 10.1 Å². The summed E-state index contributed by atoms with van der Waals surface area (Å²) in [5.41, 5.74) is 8.49. The van der Waals surface area contributed by atoms with E-state index in [1.165, 1.54) is 18.2 Å². The summed E-state index contributed by atoms with van der Waals surface area (Å²) >= 11 is 0. The average Bonchev–Trinajstić information content (AvgIpc) is 2.89. The predicted molar refractivity (Wildman–Crippen MR) is 80.0 cm³/mol. The normalized spacial score (nSPS) is 10.7. The summed E-state index contributed by atoms with van der Waals surface area (Å²) in [5.74, 6) is 0. The molecular weight excluding hydrogens is 270 g/mol. The van der Waals surface area contributed by atoms with Crippen LogP contribution in [0.25, 0.3) is 5.65 Å². The van der Waals surface area contributed by atoms with Crippen molar-refractivity contribution >= 4 is 22.7 Å². The number of nitrogens with two attached hydrogens (primary N) is 1. The summed E-state index contributed by atoms with van der Waals surface area (Å²) in [6, 6.07) is 10.1. The van der Waals surface area contributed by atoms with Gasteiger partial charge in [0.1, 0.15) is 5.65 Å². The number of nitrogens with one attached hydrogen (secondary N) is 1. The molecule has 0 fully saturated rings. The Bertz CT molecular complexity index is 779. The number of nitro groups is 1. The van der Waals surface area contributed by atoms with Crippen molar-refractivity contribution in [1.29, 1.82) is 0 Å². The van der Waals surface area contributed by atoms with Gasteiger partial charge in [0.05, 0.1) is 28.5 Å². The average molecular weight is 283 g/mol. The first-order valence-electron chi connectivity index (χ1n) is 6.34. The monoisotopic (exact) mass is 283 g/mol. The summed E-state index contributed by atoms with van der Waals surface area (Å²) in [5, 5.41) is 13.9. The van der Waals surface area contributed by atoms with Crippen LogP contribution in [0, 0.1) is 10.1 Å². The Morgan fingerprint density at radius 3 is 2.95 bits per heavy atom. The standard InChI is InChI=1S/C14H13N5O2/c15-12-5-4-11(19(20)21)7-13(12)16-8-10-9-18-6-2-1-3-14(18)17-10/h1-7,9,16H,8,15H2. The van der Waals surface area contributed by atoms with Crippen LogP contribution in [0.2, 0.25) is 0 Å². The van der Waals surface area contributed by atoms with Gasteiger partial charge in [-0.05, 0) is 18.2 Å². The Morgan fingerprint density at radius 1 is 1.33 bits per heavy atom. The van der Waals surface area contributed by atoms with Crippen molar-refractivity contribution in [3.8, 4) is 0 Å². The smallest absolute Gasteiger partial charge is 0.271 e. The minimum Gasteiger partial charge on any atom is -0.397 e. The highest BCUT2D eigenvalue weighted by Gasteiger charge is 2.09. The van der Waals surface area contributed by atoms with E-state index in [2.05, 4.69) is 10.3 Å². The number of rotatable bonds is 4. The third-order valence-corrected chi connectivity index (χ3v) is 3.12. The maximum Gasteiger partial charge on any atom is 0.271 e. The maximum atomic E-state index is 10.8. The lowest BCUT2D eigenvalue weighted by molar-refractivity contribution is -0.384. The van der Waals surface area contributed by atoms with Gasteiger partial charge < -0.3 is 15.5 Å². The van der Waals surface area contributed by atoms with Gasteiger partial charge in [0.2, 0.25) is 0 Å². The fourth-order valence-corrected chi connectivity index (χ4v) is 2.07. The van der Waals surface area contributed by atoms with Crippen LogP contribution in [0.1, 0.15) is 5.69 Å². The van der Waals surface area contributed by atoms with Gasteiger partial charge in [0, 0.05) is 24.5 Å². The molecule has 0 saturated carbocycles. The zero-order valence-electron chi connectivity index (χ0n) is 11.1. The SMILES string of the molecule is Nc1ccc([N+](=O)[O-])cc1NCc1cn2ccccc2n1. The number of nitrogen functional groups attached to an aromatic ring is 1. The molecule has 0 bridgehead atoms. The van der Waals surface area contributed by atoms with Gasteiger partial charge in [-0.2, -0.15) is 0 Å². The first kappa shape index (κ1) is 12.9. The van der Waals surface area contributed by atoms with E-state index < -0.39 is 4.92 Å². The van der Waals surface area contributed by atoms with E-state index in [1.807, 2.05) is 35.0 Å². The van der Waals surface area contributed by atoms with Crippen LogP contribution >= 0.6 is 0 Å². The Kier molecular flexibility index (Phi) is 3.15. The van der Waals surface area contributed by atoms with Crippen LogP contribution in [0.3, 0.4) is 0 Å². The lowest BCUT2D eigenvalue weighted by Gasteiger charge is -2.07. The molecule has 0 atom stereocenters. The first-order valence-corrected chi connectivity index (χ1v) is 6.34. The third kappa shape index (κ3) is 2.62. The summed E-state index contributed by atoms with van der Waals surface area (Å²) < 4.78 is 1.91. The molecule has 7 heteroatoms. The van der Waals surface area contributed by atoms with Gasteiger partial charge in [-0.15, -0.1) is 0 Å². The van der Waals surface area contributed by atoms with E-state index in [4.69, 9.17) is 5.73 Å². The molecule has 3 rings (SSSR count). The van der Waals surface area contributed by atoms with E-state index in [0.717, 1.165) is 11.3 Å². The third-order valence-electron chi connectivity index (χ3n) is 3.12. The van der Waals surface area contributed by atoms with Crippen molar-refractivity contribution in [1.82, 2.24) is 9.38 Å². The minimum absolute atomic E-state index is 0.00158. The number of nitrogens with zero attached hydrogens (tertiary/aromatic N) is 3. The molecule has 1 aromatic carbocycles. The Hall–Kier alpha value is -3.09. The number of benzene rings is 1. The van der Waals surface area contributed by atoms with Crippen molar-refractivity contribution in [2.45, 2.75) is 6.54 Å². The molecule has 0 aliphatic heterocycles. The molecule has 21 heavy (non-hydrogen) atoms. The molecular formula is C14H13N5O2. The fraction of sp³-hybridized carbons (Fsp3) is 0.0714. The summed E-state index contributed by atoms with van der Waals surface area (Å²) in [6.07, 6.45) is 3.81. The van der Waals surface area contributed by atoms with E-state index >= 15 is 0 Å². The molecule has 0 unspecified atom stereocenters. The summed E-state index contributed by atoms with van der Waals surface area (Å²) in [6.45, 7) is 0.438. The maximum absolute atomic E-state index is 10.8. The molecule has 3 aromatic rings. The largest absolute Gasteiger partial charge is 0.397 e. The molecule has 0 spiro atoms. The minimum atomic E-state index is -0.449. The number of hydrogen-bond acceptors (Lipinski definition) is 5. The number of hydrogen-bond donors (Lipinski definition) is 2. The zero-order valence-corrected chi connectivity index (χ0v) is 11.1. The van der Waals surface area contributed by atoms with Crippen LogP contribution in [-0.2, 0) is 6.54 Å². The first-order chi connectivity index (χ1) is 10.1. The molecule has 7 nitrogen and oxygen atoms in total. The van der Waals surface area contributed by atoms with Crippen LogP contribution in [0.15, 0.2) is 48.8 Å². The van der Waals surface area contributed by atoms with E-state index in [0.29, 0.717) is 17.9 Å². The van der Waals surface area contributed by atoms with Gasteiger partial charge in [0.15, 0.2) is 0 Å². The molecule has 2 aromatic heterocycles. The van der Waals surface area contributed by atoms with Crippen LogP contribution in [-0.4, -0.2) is 14.3 Å². The second-order valence-corrected chi connectivity index (χ2v) is 4.58. The van der Waals surface area contributed by atoms with Gasteiger partial charge in [0.25, 0.3) is 5.69 Å². The highest BCUT2D eigenvalue weighted by molar-refractivity contribution is 5.69. The second-order valence-electron chi connectivity index (χ2n) is 4.58. The number of pyridine rings is 1. The van der Waals surface area contributed by atoms with Crippen molar-refractivity contribution in [2.75, 3.05) is 11.1 Å². The molecule has 0 saturated heterocycles. The Balaban J connectivity index is 1.80. The number of fused-ring (bicyclic) bond motifs is 1. The molecule has 0 aliphatic rings. The Labute approximate surface area is 120 Å². The van der Waals surface area contributed by atoms with Gasteiger partial charge in [-0.1, -0.05) is 6.07 Å². The van der Waals surface area contributed by atoms with Gasteiger partial charge >= 0.3 is 0 Å². The van der Waals surface area contributed by atoms with Crippen molar-refractivity contribution < 1.29 is 4.92 Å². The molecule has 0 radical (unpaired) electrons. The fourth-order valence-electron chi connectivity index (χ4n) is 2.07. The van der Waals surface area contributed by atoms with Gasteiger partial charge in [-0.25, -0.2) is 4.98 Å². The highest BCUT2D eigenvalue weighted by Crippen LogP contribution is 2.24. The number of anilines is 2. The van der Waals surface area contributed by atoms with Gasteiger partial charge in [-0.3, -0.25) is 10.1 Å². The van der Waals surface area contributed by atoms with Crippen LogP contribution in [0.4, 0.5) is 17.1 Å². The molecule has 0 amide bonds. The number of nitro benzene ring substituents is 1.